The van der Waals surface area contributed by atoms with E-state index in [1.54, 1.807) is 0 Å². The second-order valence-electron chi connectivity index (χ2n) is 6.29. The Balaban J connectivity index is 1.60. The second kappa shape index (κ2) is 9.54. The number of anilines is 1. The fourth-order valence-corrected chi connectivity index (χ4v) is 2.59. The molecule has 1 amide bonds. The van der Waals surface area contributed by atoms with Crippen molar-refractivity contribution in [3.8, 4) is 17.2 Å². The van der Waals surface area contributed by atoms with Crippen LogP contribution >= 0.6 is 0 Å². The van der Waals surface area contributed by atoms with Crippen LogP contribution in [0.5, 0.6) is 17.2 Å². The van der Waals surface area contributed by atoms with Crippen molar-refractivity contribution in [1.82, 2.24) is 10.3 Å². The lowest BCUT2D eigenvalue weighted by Gasteiger charge is -2.12. The molecule has 1 heterocycles. The van der Waals surface area contributed by atoms with E-state index in [1.807, 2.05) is 55.5 Å². The van der Waals surface area contributed by atoms with Crippen LogP contribution in [0.25, 0.3) is 0 Å². The van der Waals surface area contributed by atoms with Crippen LogP contribution in [-0.2, 0) is 6.54 Å². The number of hydrogen-bond acceptors (Lipinski definition) is 5. The Kier molecular flexibility index (Phi) is 6.63. The summed E-state index contributed by atoms with van der Waals surface area (Å²) < 4.78 is 24.6. The molecule has 0 aliphatic rings. The van der Waals surface area contributed by atoms with Gasteiger partial charge >= 0.3 is 0 Å². The largest absolute Gasteiger partial charge is 0.490 e. The van der Waals surface area contributed by atoms with Gasteiger partial charge in [0.15, 0.2) is 11.5 Å². The van der Waals surface area contributed by atoms with Crippen LogP contribution in [0.3, 0.4) is 0 Å². The topological polar surface area (TPSA) is 86.5 Å². The van der Waals surface area contributed by atoms with E-state index in [1.165, 1.54) is 6.07 Å². The quantitative estimate of drug-likeness (QED) is 0.555. The number of nitrogens with two attached hydrogens (primary N) is 1. The van der Waals surface area contributed by atoms with Crippen LogP contribution in [0.2, 0.25) is 0 Å². The van der Waals surface area contributed by atoms with Gasteiger partial charge in [0, 0.05) is 6.54 Å². The number of rotatable bonds is 8. The molecule has 0 aliphatic carbocycles. The van der Waals surface area contributed by atoms with Crippen LogP contribution < -0.4 is 20.5 Å². The molecule has 1 aromatic heterocycles. The van der Waals surface area contributed by atoms with Crippen LogP contribution in [-0.4, -0.2) is 17.5 Å². The van der Waals surface area contributed by atoms with E-state index >= 15 is 0 Å². The Labute approximate surface area is 168 Å². The Morgan fingerprint density at radius 1 is 1.07 bits per heavy atom. The molecule has 0 atom stereocenters. The Bertz CT molecular complexity index is 977. The molecule has 7 heteroatoms. The van der Waals surface area contributed by atoms with Crippen molar-refractivity contribution in [2.75, 3.05) is 12.3 Å². The lowest BCUT2D eigenvalue weighted by molar-refractivity contribution is 0.0951. The van der Waals surface area contributed by atoms with Gasteiger partial charge in [-0.1, -0.05) is 31.2 Å². The first-order valence-electron chi connectivity index (χ1n) is 9.25. The molecule has 0 saturated heterocycles. The maximum atomic E-state index is 13.0. The van der Waals surface area contributed by atoms with Gasteiger partial charge in [-0.25, -0.2) is 4.98 Å². The summed E-state index contributed by atoms with van der Waals surface area (Å²) in [6.45, 7) is 2.95. The van der Waals surface area contributed by atoms with Gasteiger partial charge in [0.25, 0.3) is 5.91 Å². The zero-order valence-electron chi connectivity index (χ0n) is 16.0. The van der Waals surface area contributed by atoms with E-state index in [4.69, 9.17) is 15.2 Å². The van der Waals surface area contributed by atoms with Crippen LogP contribution in [0.1, 0.15) is 29.3 Å². The molecule has 6 nitrogen and oxygen atoms in total. The van der Waals surface area contributed by atoms with Crippen molar-refractivity contribution in [3.63, 3.8) is 0 Å². The first-order chi connectivity index (χ1) is 14.1. The molecule has 0 saturated carbocycles. The molecule has 0 bridgehead atoms. The summed E-state index contributed by atoms with van der Waals surface area (Å²) in [5, 5.41) is 2.73. The van der Waals surface area contributed by atoms with Crippen molar-refractivity contribution in [1.29, 1.82) is 0 Å². The highest BCUT2D eigenvalue weighted by molar-refractivity contribution is 5.98. The maximum absolute atomic E-state index is 13.0. The number of ether oxygens (including phenoxy) is 2. The number of halogens is 1. The summed E-state index contributed by atoms with van der Waals surface area (Å²) in [6, 6.07) is 17.2. The van der Waals surface area contributed by atoms with Gasteiger partial charge in [0.05, 0.1) is 12.2 Å². The van der Waals surface area contributed by atoms with Gasteiger partial charge in [-0.2, -0.15) is 4.39 Å². The second-order valence-corrected chi connectivity index (χ2v) is 6.29. The zero-order chi connectivity index (χ0) is 20.6. The molecular weight excluding hydrogens is 373 g/mol. The number of amides is 1. The number of aromatic nitrogens is 1. The molecule has 150 valence electrons. The molecule has 2 aromatic carbocycles. The van der Waals surface area contributed by atoms with E-state index in [-0.39, 0.29) is 17.9 Å². The minimum Gasteiger partial charge on any atom is -0.490 e. The van der Waals surface area contributed by atoms with E-state index in [9.17, 15) is 9.18 Å². The van der Waals surface area contributed by atoms with Gasteiger partial charge in [-0.15, -0.1) is 0 Å². The summed E-state index contributed by atoms with van der Waals surface area (Å²) in [5.41, 5.74) is 6.59. The highest BCUT2D eigenvalue weighted by Gasteiger charge is 2.11. The first-order valence-corrected chi connectivity index (χ1v) is 9.25. The SMILES string of the molecule is CCCOc1ccccc1Oc1ccc(CNC(=O)c2ccc(F)nc2N)cc1. The number of hydrogen-bond donors (Lipinski definition) is 2. The normalized spacial score (nSPS) is 10.4. The van der Waals surface area contributed by atoms with Gasteiger partial charge in [0.1, 0.15) is 11.6 Å². The Morgan fingerprint density at radius 3 is 2.48 bits per heavy atom. The predicted molar refractivity (Wildman–Crippen MR) is 109 cm³/mol. The molecular formula is C22H22FN3O3. The van der Waals surface area contributed by atoms with Gasteiger partial charge < -0.3 is 20.5 Å². The smallest absolute Gasteiger partial charge is 0.255 e. The van der Waals surface area contributed by atoms with Crippen LogP contribution in [0, 0.1) is 5.95 Å². The molecule has 0 radical (unpaired) electrons. The number of pyridine rings is 1. The van der Waals surface area contributed by atoms with Crippen molar-refractivity contribution in [2.45, 2.75) is 19.9 Å². The third kappa shape index (κ3) is 5.44. The van der Waals surface area contributed by atoms with Crippen molar-refractivity contribution in [3.05, 3.63) is 77.7 Å². The van der Waals surface area contributed by atoms with E-state index in [0.717, 1.165) is 18.1 Å². The number of carbonyl (C=O) groups is 1. The molecule has 3 rings (SSSR count). The first kappa shape index (κ1) is 20.1. The molecule has 0 unspecified atom stereocenters. The van der Waals surface area contributed by atoms with Crippen LogP contribution in [0.15, 0.2) is 60.7 Å². The van der Waals surface area contributed by atoms with Crippen molar-refractivity contribution < 1.29 is 18.7 Å². The fraction of sp³-hybridized carbons (Fsp3) is 0.182. The molecule has 3 aromatic rings. The number of nitrogen functional groups attached to an aromatic ring is 1. The molecule has 0 spiro atoms. The van der Waals surface area contributed by atoms with E-state index < -0.39 is 11.9 Å². The molecule has 29 heavy (non-hydrogen) atoms. The van der Waals surface area contributed by atoms with Crippen LogP contribution in [0.4, 0.5) is 10.2 Å². The average Bonchev–Trinajstić information content (AvgIpc) is 2.72. The minimum absolute atomic E-state index is 0.134. The molecule has 3 N–H and O–H groups in total. The zero-order valence-corrected chi connectivity index (χ0v) is 16.0. The highest BCUT2D eigenvalue weighted by atomic mass is 19.1. The van der Waals surface area contributed by atoms with Crippen molar-refractivity contribution >= 4 is 11.7 Å². The lowest BCUT2D eigenvalue weighted by atomic mass is 10.2. The number of para-hydroxylation sites is 2. The highest BCUT2D eigenvalue weighted by Crippen LogP contribution is 2.31. The average molecular weight is 395 g/mol. The van der Waals surface area contributed by atoms with Gasteiger partial charge in [0.2, 0.25) is 5.95 Å². The minimum atomic E-state index is -0.726. The summed E-state index contributed by atoms with van der Waals surface area (Å²) in [7, 11) is 0. The number of benzene rings is 2. The summed E-state index contributed by atoms with van der Waals surface area (Å²) >= 11 is 0. The van der Waals surface area contributed by atoms with E-state index in [0.29, 0.717) is 23.9 Å². The van der Waals surface area contributed by atoms with Gasteiger partial charge in [-0.05, 0) is 48.4 Å². The van der Waals surface area contributed by atoms with Crippen molar-refractivity contribution in [2.24, 2.45) is 0 Å². The Morgan fingerprint density at radius 2 is 1.79 bits per heavy atom. The fourth-order valence-electron chi connectivity index (χ4n) is 2.59. The molecule has 0 fully saturated rings. The number of carbonyl (C=O) groups excluding carboxylic acids is 1. The monoisotopic (exact) mass is 395 g/mol. The third-order valence-electron chi connectivity index (χ3n) is 4.05. The summed E-state index contributed by atoms with van der Waals surface area (Å²) in [6.07, 6.45) is 0.911. The predicted octanol–water partition coefficient (Wildman–Crippen LogP) is 4.31. The number of nitrogens with one attached hydrogen (secondary N) is 1. The summed E-state index contributed by atoms with van der Waals surface area (Å²) in [5.74, 6) is 0.695. The number of nitrogens with zero attached hydrogens (tertiary/aromatic N) is 1. The standard InChI is InChI=1S/C22H22FN3O3/c1-2-13-28-18-5-3-4-6-19(18)29-16-9-7-15(8-10-16)14-25-22(27)17-11-12-20(23)26-21(17)24/h3-12H,2,13-14H2,1H3,(H2,24,26)(H,25,27). The lowest BCUT2D eigenvalue weighted by Crippen LogP contribution is -2.24. The summed E-state index contributed by atoms with van der Waals surface area (Å²) in [4.78, 5) is 15.6. The van der Waals surface area contributed by atoms with Gasteiger partial charge in [-0.3, -0.25) is 4.79 Å². The maximum Gasteiger partial charge on any atom is 0.255 e. The molecule has 0 aliphatic heterocycles. The Hall–Kier alpha value is -3.61. The third-order valence-corrected chi connectivity index (χ3v) is 4.05. The van der Waals surface area contributed by atoms with E-state index in [2.05, 4.69) is 10.3 Å².